The highest BCUT2D eigenvalue weighted by Gasteiger charge is 2.02. The van der Waals surface area contributed by atoms with Gasteiger partial charge in [0.15, 0.2) is 0 Å². The third-order valence-electron chi connectivity index (χ3n) is 2.72. The Morgan fingerprint density at radius 2 is 1.94 bits per heavy atom. The van der Waals surface area contributed by atoms with E-state index in [1.165, 1.54) is 16.3 Å². The summed E-state index contributed by atoms with van der Waals surface area (Å²) in [4.78, 5) is 0. The van der Waals surface area contributed by atoms with Crippen LogP contribution in [0.15, 0.2) is 48.6 Å². The molecule has 0 aliphatic rings. The van der Waals surface area contributed by atoms with Gasteiger partial charge in [-0.25, -0.2) is 0 Å². The number of benzene rings is 2. The molecule has 0 fully saturated rings. The third-order valence-corrected chi connectivity index (χ3v) is 2.72. The van der Waals surface area contributed by atoms with Crippen molar-refractivity contribution in [3.8, 4) is 5.75 Å². The van der Waals surface area contributed by atoms with Gasteiger partial charge in [0.25, 0.3) is 0 Å². The molecule has 0 spiro atoms. The van der Waals surface area contributed by atoms with Crippen molar-refractivity contribution in [1.29, 1.82) is 0 Å². The van der Waals surface area contributed by atoms with Gasteiger partial charge in [-0.2, -0.15) is 0 Å². The summed E-state index contributed by atoms with van der Waals surface area (Å²) < 4.78 is 5.70. The second kappa shape index (κ2) is 4.84. The Kier molecular flexibility index (Phi) is 3.25. The second-order valence-electron chi connectivity index (χ2n) is 3.79. The lowest BCUT2D eigenvalue weighted by molar-refractivity contribution is 0.361. The van der Waals surface area contributed by atoms with Crippen LogP contribution in [0.4, 0.5) is 0 Å². The van der Waals surface area contributed by atoms with Gasteiger partial charge in [-0.05, 0) is 36.2 Å². The van der Waals surface area contributed by atoms with E-state index in [9.17, 15) is 0 Å². The molecule has 16 heavy (non-hydrogen) atoms. The molecule has 0 bridgehead atoms. The molecule has 2 aromatic rings. The van der Waals surface area contributed by atoms with Gasteiger partial charge >= 0.3 is 0 Å². The maximum absolute atomic E-state index is 5.70. The average molecular weight is 212 g/mol. The molecule has 0 saturated carbocycles. The van der Waals surface area contributed by atoms with Crippen molar-refractivity contribution in [2.24, 2.45) is 0 Å². The lowest BCUT2D eigenvalue weighted by atomic mass is 10.0. The molecule has 0 amide bonds. The molecule has 0 saturated heterocycles. The summed E-state index contributed by atoms with van der Waals surface area (Å²) in [7, 11) is 0. The summed E-state index contributed by atoms with van der Waals surface area (Å²) in [6.07, 6.45) is 4.00. The number of fused-ring (bicyclic) bond motifs is 1. The molecule has 0 aliphatic heterocycles. The predicted molar refractivity (Wildman–Crippen MR) is 69.0 cm³/mol. The molecule has 0 N–H and O–H groups in total. The standard InChI is InChI=1S/C15H16O/c1-3-4-11-16-15-10-9-13-7-5-6-8-14(13)12(15)2/h3-10H,11H2,1-2H3/b4-3+. The van der Waals surface area contributed by atoms with E-state index in [1.54, 1.807) is 0 Å². The average Bonchev–Trinajstić information content (AvgIpc) is 2.33. The van der Waals surface area contributed by atoms with Gasteiger partial charge < -0.3 is 4.74 Å². The molecule has 0 atom stereocenters. The molecule has 0 radical (unpaired) electrons. The number of hydrogen-bond acceptors (Lipinski definition) is 1. The van der Waals surface area contributed by atoms with Crippen LogP contribution in [-0.4, -0.2) is 6.61 Å². The molecule has 0 aromatic heterocycles. The highest BCUT2D eigenvalue weighted by atomic mass is 16.5. The summed E-state index contributed by atoms with van der Waals surface area (Å²) in [5.74, 6) is 0.969. The van der Waals surface area contributed by atoms with Crippen molar-refractivity contribution in [2.75, 3.05) is 6.61 Å². The van der Waals surface area contributed by atoms with Gasteiger partial charge in [-0.1, -0.05) is 42.5 Å². The lowest BCUT2D eigenvalue weighted by Crippen LogP contribution is -1.95. The zero-order valence-electron chi connectivity index (χ0n) is 9.73. The molecule has 82 valence electrons. The van der Waals surface area contributed by atoms with Gasteiger partial charge in [0.2, 0.25) is 0 Å². The van der Waals surface area contributed by atoms with Gasteiger partial charge in [0.05, 0.1) is 0 Å². The molecular weight excluding hydrogens is 196 g/mol. The summed E-state index contributed by atoms with van der Waals surface area (Å²) in [6.45, 7) is 4.74. The van der Waals surface area contributed by atoms with Crippen molar-refractivity contribution >= 4 is 10.8 Å². The van der Waals surface area contributed by atoms with Crippen LogP contribution in [0.5, 0.6) is 5.75 Å². The number of allylic oxidation sites excluding steroid dienone is 1. The normalized spacial score (nSPS) is 11.1. The smallest absolute Gasteiger partial charge is 0.123 e. The molecule has 0 unspecified atom stereocenters. The molecule has 2 aromatic carbocycles. The number of aryl methyl sites for hydroxylation is 1. The zero-order chi connectivity index (χ0) is 11.4. The van der Waals surface area contributed by atoms with Crippen LogP contribution in [0.1, 0.15) is 12.5 Å². The van der Waals surface area contributed by atoms with E-state index < -0.39 is 0 Å². The van der Waals surface area contributed by atoms with Crippen LogP contribution >= 0.6 is 0 Å². The largest absolute Gasteiger partial charge is 0.489 e. The highest BCUT2D eigenvalue weighted by molar-refractivity contribution is 5.87. The zero-order valence-corrected chi connectivity index (χ0v) is 9.73. The minimum absolute atomic E-state index is 0.635. The van der Waals surface area contributed by atoms with E-state index in [-0.39, 0.29) is 0 Å². The Labute approximate surface area is 96.4 Å². The van der Waals surface area contributed by atoms with Gasteiger partial charge in [-0.3, -0.25) is 0 Å². The van der Waals surface area contributed by atoms with Crippen LogP contribution in [0.2, 0.25) is 0 Å². The van der Waals surface area contributed by atoms with Gasteiger partial charge in [0, 0.05) is 0 Å². The Morgan fingerprint density at radius 1 is 1.12 bits per heavy atom. The third kappa shape index (κ3) is 2.08. The van der Waals surface area contributed by atoms with Gasteiger partial charge in [0.1, 0.15) is 12.4 Å². The first-order valence-corrected chi connectivity index (χ1v) is 5.55. The monoisotopic (exact) mass is 212 g/mol. The quantitative estimate of drug-likeness (QED) is 0.696. The second-order valence-corrected chi connectivity index (χ2v) is 3.79. The minimum atomic E-state index is 0.635. The topological polar surface area (TPSA) is 9.23 Å². The van der Waals surface area contributed by atoms with E-state index >= 15 is 0 Å². The first-order chi connectivity index (χ1) is 7.83. The number of ether oxygens (including phenoxy) is 1. The molecule has 1 nitrogen and oxygen atoms in total. The van der Waals surface area contributed by atoms with Crippen molar-refractivity contribution in [2.45, 2.75) is 13.8 Å². The summed E-state index contributed by atoms with van der Waals surface area (Å²) in [5.41, 5.74) is 1.21. The highest BCUT2D eigenvalue weighted by Crippen LogP contribution is 2.26. The van der Waals surface area contributed by atoms with Crippen LogP contribution in [-0.2, 0) is 0 Å². The van der Waals surface area contributed by atoms with Crippen LogP contribution in [0, 0.1) is 6.92 Å². The predicted octanol–water partition coefficient (Wildman–Crippen LogP) is 4.10. The van der Waals surface area contributed by atoms with E-state index in [0.29, 0.717) is 6.61 Å². The molecule has 0 heterocycles. The fourth-order valence-corrected chi connectivity index (χ4v) is 1.80. The van der Waals surface area contributed by atoms with Crippen LogP contribution < -0.4 is 4.74 Å². The van der Waals surface area contributed by atoms with E-state index in [1.807, 2.05) is 25.1 Å². The van der Waals surface area contributed by atoms with Gasteiger partial charge in [-0.15, -0.1) is 0 Å². The maximum Gasteiger partial charge on any atom is 0.123 e. The Balaban J connectivity index is 2.36. The maximum atomic E-state index is 5.70. The van der Waals surface area contributed by atoms with Crippen molar-refractivity contribution < 1.29 is 4.74 Å². The SMILES string of the molecule is C/C=C/COc1ccc2ccccc2c1C. The fourth-order valence-electron chi connectivity index (χ4n) is 1.80. The number of hydrogen-bond donors (Lipinski definition) is 0. The van der Waals surface area contributed by atoms with E-state index in [0.717, 1.165) is 5.75 Å². The molecule has 1 heteroatoms. The van der Waals surface area contributed by atoms with E-state index in [2.05, 4.69) is 37.3 Å². The first kappa shape index (κ1) is 10.7. The summed E-state index contributed by atoms with van der Waals surface area (Å²) in [5, 5.41) is 2.53. The number of rotatable bonds is 3. The molecule has 2 rings (SSSR count). The first-order valence-electron chi connectivity index (χ1n) is 5.55. The van der Waals surface area contributed by atoms with Crippen LogP contribution in [0.3, 0.4) is 0 Å². The summed E-state index contributed by atoms with van der Waals surface area (Å²) in [6, 6.07) is 12.5. The molecular formula is C15H16O. The summed E-state index contributed by atoms with van der Waals surface area (Å²) >= 11 is 0. The van der Waals surface area contributed by atoms with Crippen LogP contribution in [0.25, 0.3) is 10.8 Å². The Bertz CT molecular complexity index is 512. The van der Waals surface area contributed by atoms with E-state index in [4.69, 9.17) is 4.74 Å². The fraction of sp³-hybridized carbons (Fsp3) is 0.200. The Hall–Kier alpha value is -1.76. The lowest BCUT2D eigenvalue weighted by Gasteiger charge is -2.09. The van der Waals surface area contributed by atoms with Crippen molar-refractivity contribution in [3.63, 3.8) is 0 Å². The minimum Gasteiger partial charge on any atom is -0.489 e. The molecule has 0 aliphatic carbocycles. The van der Waals surface area contributed by atoms with Crippen molar-refractivity contribution in [3.05, 3.63) is 54.1 Å². The van der Waals surface area contributed by atoms with Crippen molar-refractivity contribution in [1.82, 2.24) is 0 Å². The Morgan fingerprint density at radius 3 is 2.75 bits per heavy atom.